The Labute approximate surface area is 234 Å². The molecule has 4 aromatic rings. The van der Waals surface area contributed by atoms with Crippen LogP contribution in [0.3, 0.4) is 0 Å². The molecular formula is C28H31F2N9O2. The third-order valence-electron chi connectivity index (χ3n) is 8.05. The molecule has 2 fully saturated rings. The predicted molar refractivity (Wildman–Crippen MR) is 145 cm³/mol. The topological polar surface area (TPSA) is 135 Å². The molecule has 214 valence electrons. The Morgan fingerprint density at radius 1 is 1.12 bits per heavy atom. The van der Waals surface area contributed by atoms with Crippen molar-refractivity contribution >= 4 is 23.1 Å². The van der Waals surface area contributed by atoms with E-state index in [2.05, 4.69) is 37.3 Å². The normalized spacial score (nSPS) is 20.9. The summed E-state index contributed by atoms with van der Waals surface area (Å²) < 4.78 is 28.5. The molecule has 6 rings (SSSR count). The molecule has 11 nitrogen and oxygen atoms in total. The van der Waals surface area contributed by atoms with E-state index in [1.54, 1.807) is 16.9 Å². The summed E-state index contributed by atoms with van der Waals surface area (Å²) in [5.74, 6) is -2.26. The summed E-state index contributed by atoms with van der Waals surface area (Å²) >= 11 is 0. The number of carbonyl (C=O) groups excluding carboxylic acids is 2. The second-order valence-electron chi connectivity index (χ2n) is 11.0. The van der Waals surface area contributed by atoms with Gasteiger partial charge in [0.1, 0.15) is 11.5 Å². The molecule has 0 bridgehead atoms. The van der Waals surface area contributed by atoms with Gasteiger partial charge in [0.05, 0.1) is 36.6 Å². The van der Waals surface area contributed by atoms with Gasteiger partial charge >= 0.3 is 0 Å². The fourth-order valence-electron chi connectivity index (χ4n) is 5.72. The summed E-state index contributed by atoms with van der Waals surface area (Å²) in [5, 5.41) is 7.41. The number of alkyl halides is 2. The summed E-state index contributed by atoms with van der Waals surface area (Å²) in [7, 11) is 0. The third kappa shape index (κ3) is 5.27. The van der Waals surface area contributed by atoms with Crippen molar-refractivity contribution in [2.75, 3.05) is 13.1 Å². The molecule has 0 aromatic carbocycles. The lowest BCUT2D eigenvalue weighted by Gasteiger charge is -2.38. The maximum Gasteiger partial charge on any atom is 0.282 e. The fraction of sp³-hybridized carbons (Fsp3) is 0.464. The zero-order valence-corrected chi connectivity index (χ0v) is 22.8. The van der Waals surface area contributed by atoms with Crippen molar-refractivity contribution in [3.05, 3.63) is 54.0 Å². The molecule has 2 N–H and O–H groups in total. The first-order chi connectivity index (χ1) is 19.7. The quantitative estimate of drug-likeness (QED) is 0.347. The number of nitrogens with one attached hydrogen (secondary N) is 2. The van der Waals surface area contributed by atoms with Crippen LogP contribution in [-0.4, -0.2) is 70.4 Å². The van der Waals surface area contributed by atoms with Crippen LogP contribution in [0.1, 0.15) is 72.2 Å². The highest BCUT2D eigenvalue weighted by Gasteiger charge is 2.46. The van der Waals surface area contributed by atoms with E-state index in [1.807, 2.05) is 6.92 Å². The molecule has 5 heterocycles. The number of aryl methyl sites for hydroxylation is 1. The summed E-state index contributed by atoms with van der Waals surface area (Å²) in [6, 6.07) is 2.80. The summed E-state index contributed by atoms with van der Waals surface area (Å²) in [5.41, 5.74) is 2.17. The number of H-pyrrole nitrogens is 1. The number of hydrogen-bond donors (Lipinski definition) is 2. The molecule has 2 amide bonds. The number of halogens is 2. The van der Waals surface area contributed by atoms with Gasteiger partial charge in [0.25, 0.3) is 17.7 Å². The number of rotatable bonds is 7. The molecular weight excluding hydrogens is 532 g/mol. The van der Waals surface area contributed by atoms with Gasteiger partial charge < -0.3 is 15.2 Å². The number of aromatic nitrogens is 7. The first-order valence-corrected chi connectivity index (χ1v) is 13.9. The number of aromatic amines is 1. The van der Waals surface area contributed by atoms with E-state index in [1.165, 1.54) is 24.7 Å². The molecule has 4 aromatic heterocycles. The molecule has 0 radical (unpaired) electrons. The molecule has 13 heteroatoms. The van der Waals surface area contributed by atoms with E-state index in [9.17, 15) is 18.4 Å². The van der Waals surface area contributed by atoms with E-state index >= 15 is 0 Å². The van der Waals surface area contributed by atoms with Crippen LogP contribution in [0.4, 0.5) is 8.78 Å². The highest BCUT2D eigenvalue weighted by molar-refractivity contribution is 6.01. The number of fused-ring (bicyclic) bond motifs is 1. The Kier molecular flexibility index (Phi) is 6.96. The Morgan fingerprint density at radius 3 is 2.63 bits per heavy atom. The summed E-state index contributed by atoms with van der Waals surface area (Å²) in [6.45, 7) is 3.51. The first kappa shape index (κ1) is 26.9. The molecule has 1 aliphatic heterocycles. The van der Waals surface area contributed by atoms with Crippen molar-refractivity contribution in [3.63, 3.8) is 0 Å². The van der Waals surface area contributed by atoms with Crippen LogP contribution in [-0.2, 0) is 6.54 Å². The van der Waals surface area contributed by atoms with Crippen molar-refractivity contribution in [2.45, 2.75) is 58.0 Å². The van der Waals surface area contributed by atoms with Gasteiger partial charge in [-0.3, -0.25) is 19.3 Å². The number of nitrogens with zero attached hydrogens (tertiary/aromatic N) is 7. The third-order valence-corrected chi connectivity index (χ3v) is 8.05. The van der Waals surface area contributed by atoms with Crippen LogP contribution in [0.5, 0.6) is 0 Å². The van der Waals surface area contributed by atoms with Gasteiger partial charge in [-0.2, -0.15) is 5.10 Å². The zero-order chi connectivity index (χ0) is 28.7. The molecule has 1 atom stereocenters. The lowest BCUT2D eigenvalue weighted by atomic mass is 9.79. The van der Waals surface area contributed by atoms with Crippen molar-refractivity contribution in [1.82, 2.24) is 44.9 Å². The van der Waals surface area contributed by atoms with Gasteiger partial charge in [0.15, 0.2) is 11.3 Å². The van der Waals surface area contributed by atoms with Crippen LogP contribution in [0.2, 0.25) is 0 Å². The van der Waals surface area contributed by atoms with Crippen LogP contribution < -0.4 is 5.32 Å². The van der Waals surface area contributed by atoms with Crippen LogP contribution in [0, 0.1) is 11.8 Å². The Morgan fingerprint density at radius 2 is 1.90 bits per heavy atom. The summed E-state index contributed by atoms with van der Waals surface area (Å²) in [6.07, 6.45) is 10.0. The Bertz CT molecular complexity index is 1580. The molecule has 1 unspecified atom stereocenters. The minimum Gasteiger partial charge on any atom is -0.340 e. The zero-order valence-electron chi connectivity index (χ0n) is 22.8. The fourth-order valence-corrected chi connectivity index (χ4v) is 5.72. The number of likely N-dealkylation sites (tertiary alicyclic amines) is 1. The summed E-state index contributed by atoms with van der Waals surface area (Å²) in [4.78, 5) is 48.6. The van der Waals surface area contributed by atoms with E-state index in [4.69, 9.17) is 4.98 Å². The lowest BCUT2D eigenvalue weighted by molar-refractivity contribution is -0.113. The van der Waals surface area contributed by atoms with Crippen LogP contribution in [0.25, 0.3) is 22.6 Å². The van der Waals surface area contributed by atoms with Crippen molar-refractivity contribution in [2.24, 2.45) is 11.8 Å². The average molecular weight is 564 g/mol. The van der Waals surface area contributed by atoms with Crippen LogP contribution >= 0.6 is 0 Å². The van der Waals surface area contributed by atoms with Gasteiger partial charge in [0.2, 0.25) is 0 Å². The second kappa shape index (κ2) is 10.6. The second-order valence-corrected chi connectivity index (χ2v) is 11.0. The smallest absolute Gasteiger partial charge is 0.282 e. The number of pyridine rings is 1. The minimum absolute atomic E-state index is 0.172. The Balaban J connectivity index is 1.31. The maximum absolute atomic E-state index is 13.4. The molecule has 2 aliphatic rings. The van der Waals surface area contributed by atoms with Gasteiger partial charge in [-0.1, -0.05) is 19.8 Å². The van der Waals surface area contributed by atoms with Gasteiger partial charge in [-0.05, 0) is 43.7 Å². The number of imidazole rings is 1. The maximum atomic E-state index is 13.4. The number of carbonyl (C=O) groups is 2. The molecule has 0 spiro atoms. The van der Waals surface area contributed by atoms with Gasteiger partial charge in [-0.25, -0.2) is 23.7 Å². The SMILES string of the molecule is CCn1nccc1C(=O)NC(c1nc2nc(-c3cnccc3C(=O)N3CC(F)(F)C3)cnc2[nH]1)C1CCC(C)CC1. The molecule has 1 aliphatic carbocycles. The Hall–Kier alpha value is -4.29. The monoisotopic (exact) mass is 563 g/mol. The number of hydrogen-bond acceptors (Lipinski definition) is 7. The van der Waals surface area contributed by atoms with Gasteiger partial charge in [0, 0.05) is 30.7 Å². The molecule has 1 saturated heterocycles. The average Bonchev–Trinajstić information content (AvgIpc) is 3.61. The standard InChI is InChI=1S/C28H31F2N9O2/c1-3-39-21(9-11-33-39)26(40)35-22(17-6-4-16(2)5-7-17)23-36-24-25(37-23)34-20(13-32-24)19-12-31-10-8-18(19)27(41)38-14-28(29,30)15-38/h8-13,16-17,22H,3-7,14-15H2,1-2H3,(H,35,40)(H,32,34,36,37). The van der Waals surface area contributed by atoms with Crippen molar-refractivity contribution < 1.29 is 18.4 Å². The van der Waals surface area contributed by atoms with E-state index in [-0.39, 0.29) is 17.4 Å². The highest BCUT2D eigenvalue weighted by Crippen LogP contribution is 2.37. The highest BCUT2D eigenvalue weighted by atomic mass is 19.3. The van der Waals surface area contributed by atoms with E-state index in [0.29, 0.717) is 46.5 Å². The molecule has 41 heavy (non-hydrogen) atoms. The molecule has 1 saturated carbocycles. The first-order valence-electron chi connectivity index (χ1n) is 13.9. The van der Waals surface area contributed by atoms with E-state index in [0.717, 1.165) is 30.6 Å². The predicted octanol–water partition coefficient (Wildman–Crippen LogP) is 4.02. The lowest BCUT2D eigenvalue weighted by Crippen LogP contribution is -2.58. The minimum atomic E-state index is -2.87. The van der Waals surface area contributed by atoms with Crippen molar-refractivity contribution in [3.8, 4) is 11.3 Å². The van der Waals surface area contributed by atoms with Crippen LogP contribution in [0.15, 0.2) is 36.9 Å². The largest absolute Gasteiger partial charge is 0.340 e. The van der Waals surface area contributed by atoms with Gasteiger partial charge in [-0.15, -0.1) is 0 Å². The van der Waals surface area contributed by atoms with E-state index < -0.39 is 31.0 Å². The number of amides is 2. The van der Waals surface area contributed by atoms with Crippen molar-refractivity contribution in [1.29, 1.82) is 0 Å².